The van der Waals surface area contributed by atoms with Gasteiger partial charge in [0.1, 0.15) is 11.5 Å². The zero-order valence-electron chi connectivity index (χ0n) is 4.91. The highest BCUT2D eigenvalue weighted by Crippen LogP contribution is 2.26. The van der Waals surface area contributed by atoms with Crippen molar-refractivity contribution in [3.05, 3.63) is 0 Å². The molecule has 0 bridgehead atoms. The number of carbonyl (C=O) groups is 1. The fourth-order valence-corrected chi connectivity index (χ4v) is 2.45. The molecular formula is C4H6INO3S. The standard InChI is InChI=1S/C4H6INO3S/c5-10-4-2(3(7)8)6-1-9-4/h2,4,6H,1H2,(H,7,8). The molecule has 4 nitrogen and oxygen atoms in total. The van der Waals surface area contributed by atoms with Crippen LogP contribution in [-0.4, -0.2) is 29.3 Å². The van der Waals surface area contributed by atoms with E-state index >= 15 is 0 Å². The van der Waals surface area contributed by atoms with Crippen LogP contribution in [0.3, 0.4) is 0 Å². The monoisotopic (exact) mass is 275 g/mol. The first-order valence-corrected chi connectivity index (χ1v) is 6.03. The Morgan fingerprint density at radius 2 is 2.60 bits per heavy atom. The Morgan fingerprint density at radius 1 is 1.90 bits per heavy atom. The number of halogens is 1. The fourth-order valence-electron chi connectivity index (χ4n) is 0.693. The second kappa shape index (κ2) is 3.74. The van der Waals surface area contributed by atoms with E-state index in [-0.39, 0.29) is 5.44 Å². The van der Waals surface area contributed by atoms with Gasteiger partial charge in [-0.25, -0.2) is 0 Å². The van der Waals surface area contributed by atoms with Gasteiger partial charge in [-0.3, -0.25) is 10.1 Å². The van der Waals surface area contributed by atoms with Crippen LogP contribution in [0.1, 0.15) is 0 Å². The smallest absolute Gasteiger partial charge is 0.324 e. The molecule has 2 atom stereocenters. The predicted octanol–water partition coefficient (Wildman–Crippen LogP) is 0.426. The average molecular weight is 275 g/mol. The second-order valence-electron chi connectivity index (χ2n) is 1.79. The van der Waals surface area contributed by atoms with E-state index in [2.05, 4.69) is 5.32 Å². The van der Waals surface area contributed by atoms with Crippen molar-refractivity contribution in [2.24, 2.45) is 0 Å². The Hall–Kier alpha value is 0.470. The molecule has 1 aliphatic heterocycles. The van der Waals surface area contributed by atoms with E-state index in [9.17, 15) is 4.79 Å². The molecule has 0 aromatic heterocycles. The molecule has 0 saturated carbocycles. The Bertz CT molecular complexity index is 144. The lowest BCUT2D eigenvalue weighted by molar-refractivity contribution is -0.139. The normalized spacial score (nSPS) is 32.5. The van der Waals surface area contributed by atoms with Gasteiger partial charge in [-0.15, -0.1) is 0 Å². The van der Waals surface area contributed by atoms with Gasteiger partial charge >= 0.3 is 5.97 Å². The van der Waals surface area contributed by atoms with Crippen LogP contribution in [0.15, 0.2) is 0 Å². The maximum absolute atomic E-state index is 10.4. The van der Waals surface area contributed by atoms with Gasteiger partial charge in [0.25, 0.3) is 0 Å². The summed E-state index contributed by atoms with van der Waals surface area (Å²) in [7, 11) is 1.37. The number of carboxylic acid groups (broad SMARTS) is 1. The molecule has 1 aliphatic rings. The van der Waals surface area contributed by atoms with Gasteiger partial charge in [0, 0.05) is 0 Å². The van der Waals surface area contributed by atoms with Crippen LogP contribution in [0.25, 0.3) is 0 Å². The summed E-state index contributed by atoms with van der Waals surface area (Å²) >= 11 is 2.03. The van der Waals surface area contributed by atoms with Crippen molar-refractivity contribution < 1.29 is 14.6 Å². The lowest BCUT2D eigenvalue weighted by atomic mass is 10.3. The summed E-state index contributed by atoms with van der Waals surface area (Å²) in [6.45, 7) is 0.331. The van der Waals surface area contributed by atoms with Crippen molar-refractivity contribution in [1.82, 2.24) is 5.32 Å². The molecule has 0 spiro atoms. The van der Waals surface area contributed by atoms with Gasteiger partial charge in [-0.1, -0.05) is 8.93 Å². The van der Waals surface area contributed by atoms with Gasteiger partial charge in [0.05, 0.1) is 6.73 Å². The van der Waals surface area contributed by atoms with Gasteiger partial charge in [0.2, 0.25) is 0 Å². The maximum Gasteiger partial charge on any atom is 0.324 e. The molecule has 6 heteroatoms. The van der Waals surface area contributed by atoms with Crippen LogP contribution < -0.4 is 5.32 Å². The zero-order chi connectivity index (χ0) is 7.56. The minimum Gasteiger partial charge on any atom is -0.480 e. The van der Waals surface area contributed by atoms with E-state index in [1.807, 2.05) is 21.2 Å². The van der Waals surface area contributed by atoms with Crippen molar-refractivity contribution in [1.29, 1.82) is 0 Å². The van der Waals surface area contributed by atoms with Gasteiger partial charge in [0.15, 0.2) is 0 Å². The highest BCUT2D eigenvalue weighted by Gasteiger charge is 2.33. The Morgan fingerprint density at radius 3 is 3.00 bits per heavy atom. The molecule has 0 aliphatic carbocycles. The lowest BCUT2D eigenvalue weighted by Crippen LogP contribution is -2.36. The summed E-state index contributed by atoms with van der Waals surface area (Å²) in [6, 6.07) is -0.554. The van der Waals surface area contributed by atoms with Crippen molar-refractivity contribution in [3.63, 3.8) is 0 Å². The largest absolute Gasteiger partial charge is 0.480 e. The Labute approximate surface area is 74.3 Å². The van der Waals surface area contributed by atoms with Crippen LogP contribution >= 0.6 is 30.1 Å². The third-order valence-electron chi connectivity index (χ3n) is 1.18. The minimum atomic E-state index is -0.855. The summed E-state index contributed by atoms with van der Waals surface area (Å²) in [5.41, 5.74) is -0.252. The molecule has 0 aromatic carbocycles. The molecule has 1 heterocycles. The van der Waals surface area contributed by atoms with E-state index in [1.54, 1.807) is 0 Å². The topological polar surface area (TPSA) is 58.6 Å². The average Bonchev–Trinajstić information content (AvgIpc) is 2.33. The fraction of sp³-hybridized carbons (Fsp3) is 0.750. The molecule has 10 heavy (non-hydrogen) atoms. The number of hydrogen-bond donors (Lipinski definition) is 2. The highest BCUT2D eigenvalue weighted by molar-refractivity contribution is 14.2. The molecule has 0 amide bonds. The summed E-state index contributed by atoms with van der Waals surface area (Å²) in [5.74, 6) is -0.855. The summed E-state index contributed by atoms with van der Waals surface area (Å²) in [4.78, 5) is 10.4. The third-order valence-corrected chi connectivity index (χ3v) is 3.26. The zero-order valence-corrected chi connectivity index (χ0v) is 7.89. The van der Waals surface area contributed by atoms with Crippen LogP contribution in [0.4, 0.5) is 0 Å². The molecule has 0 radical (unpaired) electrons. The molecule has 2 unspecified atom stereocenters. The van der Waals surface area contributed by atoms with E-state index in [1.165, 1.54) is 8.93 Å². The number of nitrogens with one attached hydrogen (secondary N) is 1. The Balaban J connectivity index is 2.50. The lowest BCUT2D eigenvalue weighted by Gasteiger charge is -2.08. The molecule has 58 valence electrons. The number of rotatable bonds is 2. The molecule has 1 saturated heterocycles. The first kappa shape index (κ1) is 8.57. The predicted molar refractivity (Wildman–Crippen MR) is 45.9 cm³/mol. The number of hydrogen-bond acceptors (Lipinski definition) is 4. The van der Waals surface area contributed by atoms with Crippen molar-refractivity contribution in [3.8, 4) is 0 Å². The number of aliphatic carboxylic acids is 1. The van der Waals surface area contributed by atoms with Gasteiger partial charge in [-0.05, 0) is 21.2 Å². The van der Waals surface area contributed by atoms with E-state index < -0.39 is 12.0 Å². The summed E-state index contributed by atoms with van der Waals surface area (Å²) in [6.07, 6.45) is 0. The van der Waals surface area contributed by atoms with Crippen LogP contribution in [-0.2, 0) is 9.53 Å². The third kappa shape index (κ3) is 1.74. The highest BCUT2D eigenvalue weighted by atomic mass is 127. The van der Waals surface area contributed by atoms with E-state index in [0.29, 0.717) is 6.73 Å². The summed E-state index contributed by atoms with van der Waals surface area (Å²) < 4.78 is 5.04. The minimum absolute atomic E-state index is 0.252. The second-order valence-corrected chi connectivity index (χ2v) is 3.96. The SMILES string of the molecule is O=C(O)C1NCOC1SI. The van der Waals surface area contributed by atoms with Crippen LogP contribution in [0.5, 0.6) is 0 Å². The van der Waals surface area contributed by atoms with Gasteiger partial charge in [-0.2, -0.15) is 0 Å². The van der Waals surface area contributed by atoms with Gasteiger partial charge < -0.3 is 9.84 Å². The van der Waals surface area contributed by atoms with Crippen molar-refractivity contribution in [2.75, 3.05) is 6.73 Å². The maximum atomic E-state index is 10.4. The first-order valence-electron chi connectivity index (χ1n) is 2.61. The first-order chi connectivity index (χ1) is 4.75. The molecule has 0 aromatic rings. The molecular weight excluding hydrogens is 269 g/mol. The van der Waals surface area contributed by atoms with Crippen LogP contribution in [0, 0.1) is 0 Å². The Kier molecular flexibility index (Phi) is 3.21. The number of ether oxygens (including phenoxy) is 1. The summed E-state index contributed by atoms with van der Waals surface area (Å²) in [5, 5.41) is 11.3. The molecule has 1 fully saturated rings. The van der Waals surface area contributed by atoms with E-state index in [4.69, 9.17) is 9.84 Å². The van der Waals surface area contributed by atoms with Crippen molar-refractivity contribution in [2.45, 2.75) is 11.5 Å². The number of carboxylic acids is 1. The quantitative estimate of drug-likeness (QED) is 0.715. The van der Waals surface area contributed by atoms with Crippen LogP contribution in [0.2, 0.25) is 0 Å². The van der Waals surface area contributed by atoms with Crippen molar-refractivity contribution >= 4 is 36.1 Å². The van der Waals surface area contributed by atoms with E-state index in [0.717, 1.165) is 0 Å². The molecule has 2 N–H and O–H groups in total. The molecule has 1 rings (SSSR count).